The van der Waals surface area contributed by atoms with E-state index in [9.17, 15) is 0 Å². The minimum Gasteiger partial charge on any atom is -0.344 e. The van der Waals surface area contributed by atoms with Gasteiger partial charge in [-0.15, -0.1) is 0 Å². The Morgan fingerprint density at radius 2 is 2.00 bits per heavy atom. The van der Waals surface area contributed by atoms with Crippen molar-refractivity contribution < 1.29 is 0 Å². The lowest BCUT2D eigenvalue weighted by Crippen LogP contribution is -2.03. The van der Waals surface area contributed by atoms with Crippen molar-refractivity contribution in [2.45, 2.75) is 31.7 Å². The van der Waals surface area contributed by atoms with E-state index in [4.69, 9.17) is 5.73 Å². The number of hydrogen-bond acceptors (Lipinski definition) is 2. The predicted octanol–water partition coefficient (Wildman–Crippen LogP) is 0.451. The Balaban J connectivity index is 0. The average molecular weight is 148 g/mol. The summed E-state index contributed by atoms with van der Waals surface area (Å²) in [6.45, 7) is 3.12. The van der Waals surface area contributed by atoms with Crippen LogP contribution in [0.5, 0.6) is 0 Å². The van der Waals surface area contributed by atoms with Crippen LogP contribution < -0.4 is 11.9 Å². The molecule has 1 atom stereocenters. The molecule has 0 spiro atoms. The van der Waals surface area contributed by atoms with Crippen molar-refractivity contribution in [3.8, 4) is 0 Å². The highest BCUT2D eigenvalue weighted by atomic mass is 28.1. The second-order valence-corrected chi connectivity index (χ2v) is 4.10. The van der Waals surface area contributed by atoms with Crippen molar-refractivity contribution >= 4 is 10.2 Å². The van der Waals surface area contributed by atoms with Crippen molar-refractivity contribution in [1.82, 2.24) is 6.15 Å². The van der Waals surface area contributed by atoms with Crippen LogP contribution in [0, 0.1) is 0 Å². The molecule has 0 heterocycles. The molecule has 0 aliphatic rings. The Kier molecular flexibility index (Phi) is 10.7. The number of rotatable bonds is 4. The largest absolute Gasteiger partial charge is 0.344 e. The molecule has 0 fully saturated rings. The van der Waals surface area contributed by atoms with E-state index in [1.165, 1.54) is 29.5 Å². The molecule has 0 radical (unpaired) electrons. The summed E-state index contributed by atoms with van der Waals surface area (Å²) in [6, 6.07) is 0. The van der Waals surface area contributed by atoms with Crippen LogP contribution in [-0.4, -0.2) is 16.8 Å². The van der Waals surface area contributed by atoms with Gasteiger partial charge in [-0.1, -0.05) is 25.3 Å². The van der Waals surface area contributed by atoms with E-state index in [-0.39, 0.29) is 6.15 Å². The van der Waals surface area contributed by atoms with Crippen molar-refractivity contribution in [1.29, 1.82) is 0 Å². The molecule has 9 heavy (non-hydrogen) atoms. The first-order valence-electron chi connectivity index (χ1n) is 3.51. The molecule has 0 saturated carbocycles. The summed E-state index contributed by atoms with van der Waals surface area (Å²) in [5.74, 6) is 0. The van der Waals surface area contributed by atoms with Crippen molar-refractivity contribution in [3.63, 3.8) is 0 Å². The lowest BCUT2D eigenvalue weighted by molar-refractivity contribution is 0.673. The van der Waals surface area contributed by atoms with Gasteiger partial charge in [-0.2, -0.15) is 0 Å². The second-order valence-electron chi connectivity index (χ2n) is 2.47. The Bertz CT molecular complexity index is 44.3. The minimum atomic E-state index is 0. The van der Waals surface area contributed by atoms with Gasteiger partial charge in [0.05, 0.1) is 0 Å². The maximum absolute atomic E-state index is 5.38. The number of hydrogen-bond donors (Lipinski definition) is 2. The highest BCUT2D eigenvalue weighted by Gasteiger charge is 1.96. The molecule has 0 bridgehead atoms. The van der Waals surface area contributed by atoms with Crippen LogP contribution in [0.25, 0.3) is 0 Å². The fourth-order valence-corrected chi connectivity index (χ4v) is 1.83. The quantitative estimate of drug-likeness (QED) is 0.569. The lowest BCUT2D eigenvalue weighted by Gasteiger charge is -2.05. The van der Waals surface area contributed by atoms with Gasteiger partial charge < -0.3 is 11.9 Å². The van der Waals surface area contributed by atoms with Crippen LogP contribution in [0.3, 0.4) is 0 Å². The molecule has 0 rings (SSSR count). The van der Waals surface area contributed by atoms with Crippen LogP contribution in [-0.2, 0) is 0 Å². The molecule has 0 amide bonds. The van der Waals surface area contributed by atoms with Crippen molar-refractivity contribution in [2.75, 3.05) is 6.54 Å². The van der Waals surface area contributed by atoms with E-state index in [1.54, 1.807) is 0 Å². The van der Waals surface area contributed by atoms with E-state index in [0.717, 1.165) is 12.1 Å². The van der Waals surface area contributed by atoms with Gasteiger partial charge in [0.15, 0.2) is 0 Å². The molecular weight excluding hydrogens is 128 g/mol. The zero-order valence-corrected chi connectivity index (χ0v) is 8.69. The van der Waals surface area contributed by atoms with Crippen molar-refractivity contribution in [3.05, 3.63) is 0 Å². The minimum absolute atomic E-state index is 0. The summed E-state index contributed by atoms with van der Waals surface area (Å²) in [5.41, 5.74) is 6.36. The molecule has 0 aromatic carbocycles. The van der Waals surface area contributed by atoms with E-state index < -0.39 is 0 Å². The fourth-order valence-electron chi connectivity index (χ4n) is 0.922. The molecule has 0 aromatic rings. The maximum atomic E-state index is 5.38. The molecule has 3 heteroatoms. The summed E-state index contributed by atoms with van der Waals surface area (Å²) in [7, 11) is 1.33. The van der Waals surface area contributed by atoms with Crippen LogP contribution in [0.1, 0.15) is 26.2 Å². The molecule has 2 nitrogen and oxygen atoms in total. The monoisotopic (exact) mass is 148 g/mol. The van der Waals surface area contributed by atoms with Gasteiger partial charge in [-0.25, -0.2) is 0 Å². The van der Waals surface area contributed by atoms with E-state index in [1.807, 2.05) is 0 Å². The number of nitrogens with two attached hydrogens (primary N) is 1. The summed E-state index contributed by atoms with van der Waals surface area (Å²) >= 11 is 0. The zero-order chi connectivity index (χ0) is 6.41. The molecule has 0 saturated heterocycles. The third-order valence-electron chi connectivity index (χ3n) is 1.44. The van der Waals surface area contributed by atoms with E-state index >= 15 is 0 Å². The summed E-state index contributed by atoms with van der Waals surface area (Å²) in [5, 5.41) is 0. The Morgan fingerprint density at radius 3 is 2.33 bits per heavy atom. The van der Waals surface area contributed by atoms with Crippen LogP contribution >= 0.6 is 0 Å². The first-order chi connectivity index (χ1) is 3.81. The highest BCUT2D eigenvalue weighted by molar-refractivity contribution is 6.11. The van der Waals surface area contributed by atoms with Gasteiger partial charge in [0.2, 0.25) is 0 Å². The van der Waals surface area contributed by atoms with Gasteiger partial charge in [-0.05, 0) is 13.0 Å². The molecule has 58 valence electrons. The van der Waals surface area contributed by atoms with Crippen LogP contribution in [0.15, 0.2) is 0 Å². The zero-order valence-electron chi connectivity index (χ0n) is 6.69. The summed E-state index contributed by atoms with van der Waals surface area (Å²) < 4.78 is 0. The Labute approximate surface area is 61.2 Å². The van der Waals surface area contributed by atoms with Gasteiger partial charge in [0, 0.05) is 10.2 Å². The van der Waals surface area contributed by atoms with Gasteiger partial charge in [0.25, 0.3) is 0 Å². The SMILES string of the molecule is CCCC([SiH3])CCN.N. The van der Waals surface area contributed by atoms with Crippen molar-refractivity contribution in [2.24, 2.45) is 5.73 Å². The molecule has 5 N–H and O–H groups in total. The predicted molar refractivity (Wildman–Crippen MR) is 47.3 cm³/mol. The summed E-state index contributed by atoms with van der Waals surface area (Å²) in [6.07, 6.45) is 3.97. The smallest absolute Gasteiger partial charge is 0.00679 e. The van der Waals surface area contributed by atoms with Crippen LogP contribution in [0.4, 0.5) is 0 Å². The average Bonchev–Trinajstić information content (AvgIpc) is 1.68. The summed E-state index contributed by atoms with van der Waals surface area (Å²) in [4.78, 5) is 0. The maximum Gasteiger partial charge on any atom is 0.00679 e. The molecule has 0 aliphatic carbocycles. The van der Waals surface area contributed by atoms with Crippen LogP contribution in [0.2, 0.25) is 5.54 Å². The highest BCUT2D eigenvalue weighted by Crippen LogP contribution is 2.10. The molecule has 1 unspecified atom stereocenters. The second kappa shape index (κ2) is 8.14. The lowest BCUT2D eigenvalue weighted by atomic mass is 10.2. The topological polar surface area (TPSA) is 61.0 Å². The normalized spacial score (nSPS) is 12.7. The van der Waals surface area contributed by atoms with E-state index in [2.05, 4.69) is 6.92 Å². The standard InChI is InChI=1S/C6H17NSi.H3N/c1-2-3-6(8)4-5-7;/h6H,2-5,7H2,1,8H3;1H3. The Hall–Kier alpha value is 0.137. The first-order valence-corrected chi connectivity index (χ1v) is 4.66. The van der Waals surface area contributed by atoms with Gasteiger partial charge in [0.1, 0.15) is 0 Å². The fraction of sp³-hybridized carbons (Fsp3) is 1.00. The molecule has 0 aromatic heterocycles. The first kappa shape index (κ1) is 11.9. The molecule has 0 aliphatic heterocycles. The molecular formula is C6H20N2Si. The van der Waals surface area contributed by atoms with E-state index in [0.29, 0.717) is 0 Å². The van der Waals surface area contributed by atoms with Gasteiger partial charge >= 0.3 is 0 Å². The van der Waals surface area contributed by atoms with Gasteiger partial charge in [-0.3, -0.25) is 0 Å². The third kappa shape index (κ3) is 8.14. The third-order valence-corrected chi connectivity index (χ3v) is 2.60. The Morgan fingerprint density at radius 1 is 1.44 bits per heavy atom.